The van der Waals surface area contributed by atoms with E-state index in [4.69, 9.17) is 0 Å². The van der Waals surface area contributed by atoms with E-state index in [1.807, 2.05) is 13.0 Å². The van der Waals surface area contributed by atoms with Gasteiger partial charge in [-0.3, -0.25) is 9.59 Å². The molecule has 1 aliphatic rings. The van der Waals surface area contributed by atoms with Crippen molar-refractivity contribution in [3.63, 3.8) is 0 Å². The molecule has 4 nitrogen and oxygen atoms in total. The first kappa shape index (κ1) is 13.7. The molecule has 0 unspecified atom stereocenters. The van der Waals surface area contributed by atoms with Crippen molar-refractivity contribution in [2.45, 2.75) is 32.7 Å². The first-order valence-electron chi connectivity index (χ1n) is 6.84. The Morgan fingerprint density at radius 1 is 1.26 bits per heavy atom. The van der Waals surface area contributed by atoms with Gasteiger partial charge in [-0.25, -0.2) is 0 Å². The number of hydrogen-bond acceptors (Lipinski definition) is 2. The van der Waals surface area contributed by atoms with Crippen LogP contribution >= 0.6 is 0 Å². The number of Topliss-reactive ketones (excluding diaryl/α,β-unsaturated/α-hetero) is 1. The highest BCUT2D eigenvalue weighted by Gasteiger charge is 2.27. The number of hydrogen-bond donors (Lipinski definition) is 2. The molecule has 4 heteroatoms. The molecule has 1 heterocycles. The molecule has 0 bridgehead atoms. The van der Waals surface area contributed by atoms with Gasteiger partial charge >= 0.3 is 0 Å². The summed E-state index contributed by atoms with van der Waals surface area (Å²) < 4.78 is 0. The molecular formula is C15H21N2O2+. The fourth-order valence-corrected chi connectivity index (χ4v) is 2.51. The molecule has 1 aromatic carbocycles. The molecule has 1 aromatic rings. The fraction of sp³-hybridized carbons (Fsp3) is 0.467. The molecular weight excluding hydrogens is 240 g/mol. The number of ketones is 1. The molecule has 0 saturated carbocycles. The van der Waals surface area contributed by atoms with Crippen LogP contribution in [-0.2, 0) is 4.79 Å². The van der Waals surface area contributed by atoms with Crippen LogP contribution in [0, 0.1) is 0 Å². The molecule has 1 atom stereocenters. The number of nitrogens with one attached hydrogen (secondary N) is 2. The van der Waals surface area contributed by atoms with Gasteiger partial charge in [0.2, 0.25) is 0 Å². The summed E-state index contributed by atoms with van der Waals surface area (Å²) in [7, 11) is 0. The van der Waals surface area contributed by atoms with E-state index in [1.165, 1.54) is 24.7 Å². The van der Waals surface area contributed by atoms with Crippen LogP contribution in [-0.4, -0.2) is 30.8 Å². The number of benzene rings is 1. The molecule has 102 valence electrons. The Balaban J connectivity index is 2.01. The zero-order chi connectivity index (χ0) is 13.8. The molecule has 0 radical (unpaired) electrons. The number of amides is 1. The standard InChI is InChI=1S/C15H20N2O2/c1-11(17-8-3-4-9-17)15(19)16-14-7-5-6-13(10-14)12(2)18/h5-7,10-11H,3-4,8-9H2,1-2H3,(H,16,19)/p+1/t11-/m0/s1. The van der Waals surface area contributed by atoms with Crippen molar-refractivity contribution < 1.29 is 14.5 Å². The van der Waals surface area contributed by atoms with Crippen molar-refractivity contribution in [2.75, 3.05) is 18.4 Å². The zero-order valence-corrected chi connectivity index (χ0v) is 11.5. The molecule has 2 N–H and O–H groups in total. The highest BCUT2D eigenvalue weighted by atomic mass is 16.2. The van der Waals surface area contributed by atoms with Gasteiger partial charge in [0.1, 0.15) is 0 Å². The van der Waals surface area contributed by atoms with Gasteiger partial charge in [0.05, 0.1) is 13.1 Å². The average molecular weight is 261 g/mol. The maximum Gasteiger partial charge on any atom is 0.282 e. The first-order chi connectivity index (χ1) is 9.08. The zero-order valence-electron chi connectivity index (χ0n) is 11.5. The Labute approximate surface area is 113 Å². The maximum absolute atomic E-state index is 12.2. The first-order valence-corrected chi connectivity index (χ1v) is 6.84. The molecule has 1 amide bonds. The number of quaternary nitrogens is 1. The van der Waals surface area contributed by atoms with Gasteiger partial charge < -0.3 is 10.2 Å². The summed E-state index contributed by atoms with van der Waals surface area (Å²) in [6.07, 6.45) is 2.40. The summed E-state index contributed by atoms with van der Waals surface area (Å²) >= 11 is 0. The lowest BCUT2D eigenvalue weighted by Gasteiger charge is -2.20. The number of carbonyl (C=O) groups excluding carboxylic acids is 2. The van der Waals surface area contributed by atoms with Crippen molar-refractivity contribution in [1.82, 2.24) is 0 Å². The van der Waals surface area contributed by atoms with Crippen molar-refractivity contribution in [1.29, 1.82) is 0 Å². The summed E-state index contributed by atoms with van der Waals surface area (Å²) in [5.74, 6) is 0.0342. The Kier molecular flexibility index (Phi) is 4.32. The maximum atomic E-state index is 12.2. The normalized spacial score (nSPS) is 17.2. The second kappa shape index (κ2) is 5.97. The highest BCUT2D eigenvalue weighted by molar-refractivity contribution is 5.97. The Hall–Kier alpha value is -1.68. The van der Waals surface area contributed by atoms with Crippen LogP contribution in [0.1, 0.15) is 37.0 Å². The van der Waals surface area contributed by atoms with Crippen molar-refractivity contribution in [3.8, 4) is 0 Å². The third-order valence-corrected chi connectivity index (χ3v) is 3.79. The SMILES string of the molecule is CC(=O)c1cccc(NC(=O)[C@H](C)[NH+]2CCCC2)c1. The lowest BCUT2D eigenvalue weighted by Crippen LogP contribution is -3.14. The molecule has 19 heavy (non-hydrogen) atoms. The van der Waals surface area contributed by atoms with Gasteiger partial charge in [0.25, 0.3) is 5.91 Å². The van der Waals surface area contributed by atoms with Crippen molar-refractivity contribution in [2.24, 2.45) is 0 Å². The van der Waals surface area contributed by atoms with Crippen LogP contribution in [0.2, 0.25) is 0 Å². The molecule has 1 fully saturated rings. The van der Waals surface area contributed by atoms with Gasteiger partial charge in [0, 0.05) is 24.1 Å². The van der Waals surface area contributed by atoms with Crippen LogP contribution in [0.5, 0.6) is 0 Å². The highest BCUT2D eigenvalue weighted by Crippen LogP contribution is 2.11. The Bertz CT molecular complexity index is 479. The molecule has 1 aliphatic heterocycles. The van der Waals surface area contributed by atoms with E-state index in [1.54, 1.807) is 18.2 Å². The van der Waals surface area contributed by atoms with E-state index >= 15 is 0 Å². The lowest BCUT2D eigenvalue weighted by atomic mass is 10.1. The molecule has 0 aromatic heterocycles. The second-order valence-electron chi connectivity index (χ2n) is 5.21. The van der Waals surface area contributed by atoms with E-state index in [0.717, 1.165) is 13.1 Å². The molecule has 1 saturated heterocycles. The second-order valence-corrected chi connectivity index (χ2v) is 5.21. The quantitative estimate of drug-likeness (QED) is 0.791. The third-order valence-electron chi connectivity index (χ3n) is 3.79. The largest absolute Gasteiger partial charge is 0.325 e. The molecule has 0 aliphatic carbocycles. The average Bonchev–Trinajstić information content (AvgIpc) is 2.92. The smallest absolute Gasteiger partial charge is 0.282 e. The van der Waals surface area contributed by atoms with Crippen LogP contribution in [0.15, 0.2) is 24.3 Å². The van der Waals surface area contributed by atoms with E-state index < -0.39 is 0 Å². The van der Waals surface area contributed by atoms with Crippen molar-refractivity contribution in [3.05, 3.63) is 29.8 Å². The van der Waals surface area contributed by atoms with Crippen molar-refractivity contribution >= 4 is 17.4 Å². The predicted molar refractivity (Wildman–Crippen MR) is 74.5 cm³/mol. The number of likely N-dealkylation sites (tertiary alicyclic amines) is 1. The van der Waals surface area contributed by atoms with E-state index in [-0.39, 0.29) is 17.7 Å². The summed E-state index contributed by atoms with van der Waals surface area (Å²) in [5.41, 5.74) is 1.32. The van der Waals surface area contributed by atoms with Crippen LogP contribution in [0.4, 0.5) is 5.69 Å². The van der Waals surface area contributed by atoms with Gasteiger partial charge in [-0.15, -0.1) is 0 Å². The Morgan fingerprint density at radius 3 is 2.58 bits per heavy atom. The number of rotatable bonds is 4. The van der Waals surface area contributed by atoms with Gasteiger partial charge in [-0.1, -0.05) is 12.1 Å². The Morgan fingerprint density at radius 2 is 1.95 bits per heavy atom. The minimum Gasteiger partial charge on any atom is -0.325 e. The minimum absolute atomic E-state index is 0.00863. The topological polar surface area (TPSA) is 50.6 Å². The van der Waals surface area contributed by atoms with E-state index in [9.17, 15) is 9.59 Å². The van der Waals surface area contributed by atoms with Crippen LogP contribution in [0.25, 0.3) is 0 Å². The lowest BCUT2D eigenvalue weighted by molar-refractivity contribution is -0.901. The predicted octanol–water partition coefficient (Wildman–Crippen LogP) is 0.895. The van der Waals surface area contributed by atoms with Gasteiger partial charge in [0.15, 0.2) is 11.8 Å². The molecule has 0 spiro atoms. The van der Waals surface area contributed by atoms with E-state index in [0.29, 0.717) is 11.3 Å². The van der Waals surface area contributed by atoms with Crippen LogP contribution < -0.4 is 10.2 Å². The number of carbonyl (C=O) groups is 2. The minimum atomic E-state index is -0.0384. The number of anilines is 1. The van der Waals surface area contributed by atoms with E-state index in [2.05, 4.69) is 5.32 Å². The summed E-state index contributed by atoms with van der Waals surface area (Å²) in [6.45, 7) is 5.63. The summed E-state index contributed by atoms with van der Waals surface area (Å²) in [4.78, 5) is 24.8. The fourth-order valence-electron chi connectivity index (χ4n) is 2.51. The van der Waals surface area contributed by atoms with Gasteiger partial charge in [-0.2, -0.15) is 0 Å². The monoisotopic (exact) mass is 261 g/mol. The van der Waals surface area contributed by atoms with Crippen LogP contribution in [0.3, 0.4) is 0 Å². The summed E-state index contributed by atoms with van der Waals surface area (Å²) in [6, 6.07) is 7.05. The third kappa shape index (κ3) is 3.41. The molecule has 2 rings (SSSR count). The summed E-state index contributed by atoms with van der Waals surface area (Å²) in [5, 5.41) is 2.90. The van der Waals surface area contributed by atoms with Gasteiger partial charge in [-0.05, 0) is 26.0 Å².